The summed E-state index contributed by atoms with van der Waals surface area (Å²) >= 11 is 0. The number of aliphatic carboxylic acids is 1. The van der Waals surface area contributed by atoms with Crippen LogP contribution >= 0.6 is 0 Å². The third-order valence-corrected chi connectivity index (χ3v) is 4.07. The van der Waals surface area contributed by atoms with Crippen LogP contribution in [0.1, 0.15) is 65.2 Å². The molecule has 2 N–H and O–H groups in total. The van der Waals surface area contributed by atoms with Gasteiger partial charge in [0.05, 0.1) is 12.0 Å². The molecule has 21 heavy (non-hydrogen) atoms. The van der Waals surface area contributed by atoms with Crippen molar-refractivity contribution in [2.45, 2.75) is 77.4 Å². The molecule has 1 heterocycles. The zero-order valence-electron chi connectivity index (χ0n) is 13.3. The van der Waals surface area contributed by atoms with Gasteiger partial charge < -0.3 is 15.2 Å². The number of hydrogen-bond donors (Lipinski definition) is 2. The van der Waals surface area contributed by atoms with Gasteiger partial charge in [-0.15, -0.1) is 0 Å². The molecule has 0 aliphatic carbocycles. The van der Waals surface area contributed by atoms with Crippen molar-refractivity contribution >= 4 is 11.9 Å². The van der Waals surface area contributed by atoms with Crippen LogP contribution in [0.25, 0.3) is 0 Å². The lowest BCUT2D eigenvalue weighted by Crippen LogP contribution is -2.33. The molecule has 1 aliphatic rings. The second kappa shape index (κ2) is 9.77. The molecule has 1 aliphatic heterocycles. The number of carboxylic acid groups (broad SMARTS) is 1. The quantitative estimate of drug-likeness (QED) is 0.686. The van der Waals surface area contributed by atoms with E-state index in [9.17, 15) is 9.59 Å². The molecular formula is C16H29NO4. The number of carboxylic acids is 1. The summed E-state index contributed by atoms with van der Waals surface area (Å²) < 4.78 is 5.61. The van der Waals surface area contributed by atoms with Gasteiger partial charge in [-0.3, -0.25) is 9.59 Å². The zero-order chi connectivity index (χ0) is 15.7. The number of amides is 1. The Bertz CT molecular complexity index is 326. The minimum absolute atomic E-state index is 0.0722. The van der Waals surface area contributed by atoms with E-state index in [0.29, 0.717) is 12.8 Å². The Morgan fingerprint density at radius 1 is 1.29 bits per heavy atom. The van der Waals surface area contributed by atoms with Gasteiger partial charge in [0.25, 0.3) is 0 Å². The summed E-state index contributed by atoms with van der Waals surface area (Å²) in [7, 11) is 0. The monoisotopic (exact) mass is 299 g/mol. The molecule has 0 saturated carbocycles. The smallest absolute Gasteiger partial charge is 0.306 e. The Labute approximate surface area is 127 Å². The molecule has 3 atom stereocenters. The fourth-order valence-electron chi connectivity index (χ4n) is 2.60. The SMILES string of the molecule is CC(CCCC(C)C(=O)O)NC(=O)CCC1CCCCO1. The third kappa shape index (κ3) is 8.05. The Balaban J connectivity index is 2.08. The van der Waals surface area contributed by atoms with Gasteiger partial charge in [-0.05, 0) is 45.4 Å². The van der Waals surface area contributed by atoms with Crippen molar-refractivity contribution in [3.05, 3.63) is 0 Å². The van der Waals surface area contributed by atoms with Gasteiger partial charge >= 0.3 is 5.97 Å². The van der Waals surface area contributed by atoms with Crippen LogP contribution in [0.15, 0.2) is 0 Å². The predicted octanol–water partition coefficient (Wildman–Crippen LogP) is 2.73. The molecule has 0 aromatic carbocycles. The molecule has 3 unspecified atom stereocenters. The minimum Gasteiger partial charge on any atom is -0.481 e. The van der Waals surface area contributed by atoms with E-state index in [1.54, 1.807) is 6.92 Å². The molecule has 0 aromatic heterocycles. The van der Waals surface area contributed by atoms with Gasteiger partial charge in [0, 0.05) is 19.1 Å². The van der Waals surface area contributed by atoms with E-state index < -0.39 is 5.97 Å². The van der Waals surface area contributed by atoms with Crippen LogP contribution in [0.2, 0.25) is 0 Å². The van der Waals surface area contributed by atoms with Crippen LogP contribution in [0.3, 0.4) is 0 Å². The second-order valence-electron chi connectivity index (χ2n) is 6.17. The summed E-state index contributed by atoms with van der Waals surface area (Å²) in [5.41, 5.74) is 0. The lowest BCUT2D eigenvalue weighted by atomic mass is 10.0. The van der Waals surface area contributed by atoms with Crippen LogP contribution in [0.4, 0.5) is 0 Å². The number of nitrogens with one attached hydrogen (secondary N) is 1. The Morgan fingerprint density at radius 3 is 2.67 bits per heavy atom. The van der Waals surface area contributed by atoms with E-state index in [2.05, 4.69) is 5.32 Å². The van der Waals surface area contributed by atoms with Crippen LogP contribution < -0.4 is 5.32 Å². The molecule has 1 saturated heterocycles. The first-order chi connectivity index (χ1) is 9.99. The topological polar surface area (TPSA) is 75.6 Å². The van der Waals surface area contributed by atoms with Crippen molar-refractivity contribution in [3.8, 4) is 0 Å². The van der Waals surface area contributed by atoms with Gasteiger partial charge in [-0.25, -0.2) is 0 Å². The highest BCUT2D eigenvalue weighted by Gasteiger charge is 2.16. The predicted molar refractivity (Wildman–Crippen MR) is 81.1 cm³/mol. The van der Waals surface area contributed by atoms with E-state index in [4.69, 9.17) is 9.84 Å². The summed E-state index contributed by atoms with van der Waals surface area (Å²) in [6.07, 6.45) is 7.26. The molecule has 0 radical (unpaired) electrons. The number of carbonyl (C=O) groups excluding carboxylic acids is 1. The van der Waals surface area contributed by atoms with Gasteiger partial charge in [0.2, 0.25) is 5.91 Å². The average Bonchev–Trinajstić information content (AvgIpc) is 2.46. The van der Waals surface area contributed by atoms with Gasteiger partial charge in [0.15, 0.2) is 0 Å². The fraction of sp³-hybridized carbons (Fsp3) is 0.875. The number of hydrogen-bond acceptors (Lipinski definition) is 3. The van der Waals surface area contributed by atoms with E-state index in [1.165, 1.54) is 6.42 Å². The highest BCUT2D eigenvalue weighted by atomic mass is 16.5. The van der Waals surface area contributed by atoms with Crippen molar-refractivity contribution in [3.63, 3.8) is 0 Å². The molecule has 0 bridgehead atoms. The van der Waals surface area contributed by atoms with Crippen molar-refractivity contribution in [1.29, 1.82) is 0 Å². The standard InChI is InChI=1S/C16H29NO4/c1-12(16(19)20)6-5-7-13(2)17-15(18)10-9-14-8-3-4-11-21-14/h12-14H,3-11H2,1-2H3,(H,17,18)(H,19,20). The van der Waals surface area contributed by atoms with Crippen molar-refractivity contribution in [2.24, 2.45) is 5.92 Å². The Hall–Kier alpha value is -1.10. The van der Waals surface area contributed by atoms with E-state index in [0.717, 1.165) is 38.7 Å². The van der Waals surface area contributed by atoms with Gasteiger partial charge in [0.1, 0.15) is 0 Å². The highest BCUT2D eigenvalue weighted by Crippen LogP contribution is 2.17. The minimum atomic E-state index is -0.751. The van der Waals surface area contributed by atoms with Gasteiger partial charge in [-0.2, -0.15) is 0 Å². The molecule has 5 heteroatoms. The van der Waals surface area contributed by atoms with Crippen molar-refractivity contribution < 1.29 is 19.4 Å². The maximum atomic E-state index is 11.8. The first-order valence-corrected chi connectivity index (χ1v) is 8.12. The maximum Gasteiger partial charge on any atom is 0.306 e. The van der Waals surface area contributed by atoms with E-state index >= 15 is 0 Å². The first kappa shape index (κ1) is 18.0. The van der Waals surface area contributed by atoms with E-state index in [-0.39, 0.29) is 24.0 Å². The van der Waals surface area contributed by atoms with Crippen LogP contribution in [0.5, 0.6) is 0 Å². The summed E-state index contributed by atoms with van der Waals surface area (Å²) in [5, 5.41) is 11.8. The molecule has 1 rings (SSSR count). The second-order valence-corrected chi connectivity index (χ2v) is 6.17. The molecular weight excluding hydrogens is 270 g/mol. The number of carbonyl (C=O) groups is 2. The summed E-state index contributed by atoms with van der Waals surface area (Å²) in [6.45, 7) is 4.51. The third-order valence-electron chi connectivity index (χ3n) is 4.07. The molecule has 0 spiro atoms. The average molecular weight is 299 g/mol. The molecule has 122 valence electrons. The van der Waals surface area contributed by atoms with Gasteiger partial charge in [-0.1, -0.05) is 13.3 Å². The fourth-order valence-corrected chi connectivity index (χ4v) is 2.60. The first-order valence-electron chi connectivity index (χ1n) is 8.12. The lowest BCUT2D eigenvalue weighted by molar-refractivity contribution is -0.141. The Morgan fingerprint density at radius 2 is 2.05 bits per heavy atom. The molecule has 0 aromatic rings. The number of ether oxygens (including phenoxy) is 1. The molecule has 5 nitrogen and oxygen atoms in total. The highest BCUT2D eigenvalue weighted by molar-refractivity contribution is 5.76. The van der Waals surface area contributed by atoms with Crippen molar-refractivity contribution in [2.75, 3.05) is 6.61 Å². The van der Waals surface area contributed by atoms with Crippen LogP contribution in [0, 0.1) is 5.92 Å². The lowest BCUT2D eigenvalue weighted by Gasteiger charge is -2.22. The summed E-state index contributed by atoms with van der Waals surface area (Å²) in [4.78, 5) is 22.5. The Kier molecular flexibility index (Phi) is 8.35. The maximum absolute atomic E-state index is 11.8. The largest absolute Gasteiger partial charge is 0.481 e. The summed E-state index contributed by atoms with van der Waals surface area (Å²) in [5.74, 6) is -0.988. The normalized spacial score (nSPS) is 21.5. The van der Waals surface area contributed by atoms with Crippen LogP contribution in [-0.2, 0) is 14.3 Å². The summed E-state index contributed by atoms with van der Waals surface area (Å²) in [6, 6.07) is 0.103. The van der Waals surface area contributed by atoms with Crippen molar-refractivity contribution in [1.82, 2.24) is 5.32 Å². The zero-order valence-corrected chi connectivity index (χ0v) is 13.3. The number of rotatable bonds is 9. The molecule has 1 amide bonds. The van der Waals surface area contributed by atoms with E-state index in [1.807, 2.05) is 6.92 Å². The van der Waals surface area contributed by atoms with Crippen LogP contribution in [-0.4, -0.2) is 35.7 Å². The molecule has 1 fully saturated rings.